The molecule has 131 heavy (non-hydrogen) atoms. The molecule has 0 saturated carbocycles. The highest BCUT2D eigenvalue weighted by molar-refractivity contribution is 8.12. The lowest BCUT2D eigenvalue weighted by Gasteiger charge is -2.18. The van der Waals surface area contributed by atoms with Crippen molar-refractivity contribution in [1.29, 1.82) is 0 Å². The average molecular weight is 1970 g/mol. The number of thioether (sulfide) groups is 2. The Morgan fingerprint density at radius 2 is 0.496 bits per heavy atom. The normalized spacial score (nSPS) is 16.9. The van der Waals surface area contributed by atoms with Gasteiger partial charge in [-0.2, -0.15) is 0 Å². The Labute approximate surface area is 789 Å². The van der Waals surface area contributed by atoms with E-state index in [4.69, 9.17) is 166 Å². The van der Waals surface area contributed by atoms with Crippen LogP contribution in [0.25, 0.3) is 19.6 Å². The predicted molar refractivity (Wildman–Crippen MR) is 484 cm³/mol. The van der Waals surface area contributed by atoms with E-state index in [2.05, 4.69) is 0 Å². The average Bonchev–Trinajstić information content (AvgIpc) is 1.57. The van der Waals surface area contributed by atoms with Gasteiger partial charge in [-0.05, 0) is 6.92 Å². The van der Waals surface area contributed by atoms with Crippen LogP contribution in [0.1, 0.15) is 26.4 Å². The smallest absolute Gasteiger partial charge is 0.341 e. The minimum Gasteiger partial charge on any atom is -0.485 e. The Morgan fingerprint density at radius 1 is 0.252 bits per heavy atom. The highest BCUT2D eigenvalue weighted by Crippen LogP contribution is 2.64. The summed E-state index contributed by atoms with van der Waals surface area (Å²) in [6, 6.07) is 0. The Bertz CT molecular complexity index is 4010. The van der Waals surface area contributed by atoms with Gasteiger partial charge in [0.2, 0.25) is 10.6 Å². The molecule has 0 aromatic carbocycles. The Morgan fingerprint density at radius 3 is 0.847 bits per heavy atom. The molecule has 43 heteroatoms. The first-order chi connectivity index (χ1) is 64.9. The molecule has 0 radical (unpaired) electrons. The minimum absolute atomic E-state index is 0.100. The van der Waals surface area contributed by atoms with E-state index >= 15 is 0 Å². The van der Waals surface area contributed by atoms with E-state index in [-0.39, 0.29) is 19.6 Å². The monoisotopic (exact) mass is 1970 g/mol. The zero-order valence-corrected chi connectivity index (χ0v) is 80.1. The van der Waals surface area contributed by atoms with E-state index in [0.29, 0.717) is 422 Å². The number of thiophene rings is 4. The van der Waals surface area contributed by atoms with Crippen LogP contribution >= 0.6 is 68.9 Å². The second-order valence-electron chi connectivity index (χ2n) is 29.1. The fourth-order valence-corrected chi connectivity index (χ4v) is 20.8. The fourth-order valence-electron chi connectivity index (χ4n) is 13.3. The van der Waals surface area contributed by atoms with Gasteiger partial charge in [-0.15, -0.1) is 34.0 Å². The van der Waals surface area contributed by atoms with E-state index in [1.807, 2.05) is 13.8 Å². The van der Waals surface area contributed by atoms with E-state index < -0.39 is 12.2 Å². The van der Waals surface area contributed by atoms with Gasteiger partial charge in [0, 0.05) is 48.2 Å². The number of aryl methyl sites for hydroxylation is 1. The third kappa shape index (κ3) is 36.1. The summed E-state index contributed by atoms with van der Waals surface area (Å²) in [7, 11) is 0. The summed E-state index contributed by atoms with van der Waals surface area (Å²) >= 11 is 9.38. The minimum atomic E-state index is -0.820. The molecule has 2 atom stereocenters. The molecule has 8 aliphatic rings. The number of fused-ring (bicyclic) bond motifs is 4. The van der Waals surface area contributed by atoms with Crippen molar-refractivity contribution in [3.05, 3.63) is 62.1 Å². The van der Waals surface area contributed by atoms with Crippen LogP contribution in [0.4, 0.5) is 0 Å². The fraction of sp³-hybridized carbons (Fsp3) is 0.727. The van der Waals surface area contributed by atoms with E-state index in [1.54, 1.807) is 46.2 Å². The second-order valence-corrected chi connectivity index (χ2v) is 35.8. The Balaban J connectivity index is 0.360. The van der Waals surface area contributed by atoms with Gasteiger partial charge in [0.05, 0.1) is 331 Å². The van der Waals surface area contributed by atoms with E-state index in [0.717, 1.165) is 81.7 Å². The first-order valence-electron chi connectivity index (χ1n) is 45.0. The van der Waals surface area contributed by atoms with Gasteiger partial charge in [0.15, 0.2) is 49.9 Å². The van der Waals surface area contributed by atoms with Gasteiger partial charge in [-0.25, -0.2) is 0 Å². The Kier molecular flexibility index (Phi) is 50.9. The lowest BCUT2D eigenvalue weighted by atomic mass is 10.2. The third-order valence-corrected chi connectivity index (χ3v) is 26.8. The molecule has 4 aromatic heterocycles. The molecule has 2 N–H and O–H groups in total. The van der Waals surface area contributed by atoms with Crippen LogP contribution in [0.15, 0.2) is 23.0 Å². The highest BCUT2D eigenvalue weighted by atomic mass is 32.2. The summed E-state index contributed by atoms with van der Waals surface area (Å²) in [5.74, 6) is 8.14. The summed E-state index contributed by atoms with van der Waals surface area (Å²) in [6.45, 7) is 29.3. The van der Waals surface area contributed by atoms with Crippen LogP contribution in [-0.4, -0.2) is 406 Å². The molecule has 0 spiro atoms. The van der Waals surface area contributed by atoms with Gasteiger partial charge in [0.1, 0.15) is 98.1 Å². The Hall–Kier alpha value is -4.94. The van der Waals surface area contributed by atoms with Crippen LogP contribution in [0.2, 0.25) is 0 Å². The summed E-state index contributed by atoms with van der Waals surface area (Å²) in [5.41, 5.74) is 0. The number of aliphatic hydroxyl groups excluding tert-OH is 2. The first kappa shape index (κ1) is 105. The highest BCUT2D eigenvalue weighted by Gasteiger charge is 2.53. The van der Waals surface area contributed by atoms with Crippen molar-refractivity contribution in [3.63, 3.8) is 0 Å². The number of rotatable bonds is 76. The largest absolute Gasteiger partial charge is 0.485 e. The van der Waals surface area contributed by atoms with E-state index in [9.17, 15) is 10.2 Å². The third-order valence-electron chi connectivity index (χ3n) is 19.3. The van der Waals surface area contributed by atoms with Crippen molar-refractivity contribution in [2.75, 3.05) is 383 Å². The molecule has 2 unspecified atom stereocenters. The number of hydrogen-bond acceptors (Lipinski definition) is 43. The van der Waals surface area contributed by atoms with Crippen LogP contribution in [0.3, 0.4) is 0 Å². The predicted octanol–water partition coefficient (Wildman–Crippen LogP) is 6.24. The van der Waals surface area contributed by atoms with Gasteiger partial charge in [-0.3, -0.25) is 0 Å². The van der Waals surface area contributed by atoms with Crippen molar-refractivity contribution < 1.29 is 176 Å². The van der Waals surface area contributed by atoms with Crippen molar-refractivity contribution in [3.8, 4) is 55.8 Å². The van der Waals surface area contributed by atoms with Crippen LogP contribution < -0.4 is 47.0 Å². The summed E-state index contributed by atoms with van der Waals surface area (Å²) < 4.78 is 205. The summed E-state index contributed by atoms with van der Waals surface area (Å²) in [4.78, 5) is 7.19. The zero-order chi connectivity index (χ0) is 90.4. The van der Waals surface area contributed by atoms with Crippen molar-refractivity contribution in [1.82, 2.24) is 0 Å². The number of hydrogen-bond donors (Lipinski definition) is 2. The molecule has 8 aliphatic heterocycles. The maximum absolute atomic E-state index is 11.3. The van der Waals surface area contributed by atoms with Gasteiger partial charge >= 0.3 is 11.5 Å². The molecule has 0 amide bonds. The maximum Gasteiger partial charge on any atom is 0.341 e. The van der Waals surface area contributed by atoms with Crippen LogP contribution in [0, 0.1) is 17.4 Å². The molecule has 0 fully saturated rings. The molecular weight excluding hydrogens is 1840 g/mol. The molecule has 738 valence electrons. The van der Waals surface area contributed by atoms with Crippen molar-refractivity contribution in [2.45, 2.75) is 38.9 Å². The molecule has 0 bridgehead atoms. The first-order valence-corrected chi connectivity index (χ1v) is 49.9. The molecule has 12 rings (SSSR count). The summed E-state index contributed by atoms with van der Waals surface area (Å²) in [6.07, 6.45) is -0.707. The topological polar surface area (TPSA) is 364 Å². The molecule has 0 aliphatic carbocycles. The molecular formula is C88H130O37S6+2. The van der Waals surface area contributed by atoms with E-state index in [1.165, 1.54) is 22.7 Å². The quantitative estimate of drug-likeness (QED) is 0.0365. The molecule has 12 heterocycles. The van der Waals surface area contributed by atoms with Crippen molar-refractivity contribution in [2.24, 2.45) is 0 Å². The molecule has 0 saturated heterocycles. The lowest BCUT2D eigenvalue weighted by Crippen LogP contribution is -2.21. The molecule has 4 aromatic rings. The SMILES string of the molecule is Cc1sc(CC(O)COCCOCCOCCOCCOCCOCCOCCOCCOCCOCCOCCOCCOCCOCCOCCOCCOCCOCCOCCOCCOCCOCCOCC(O)Cc2sc(-c3sc([C+]4S/C(=c5/s/c(=C6/S[C+](C)C7=C6OCCO7)c6c5OCCO6)C5=C4OCCO5)c4c3OCCO4)c3c2OCCO3)c2c1OCCO2. The number of ether oxygens (including phenoxy) is 35. The maximum atomic E-state index is 11.3. The second kappa shape index (κ2) is 63.5. The van der Waals surface area contributed by atoms with Gasteiger partial charge in [-0.1, -0.05) is 11.3 Å². The lowest BCUT2D eigenvalue weighted by molar-refractivity contribution is -0.0323. The molecule has 37 nitrogen and oxygen atoms in total. The van der Waals surface area contributed by atoms with Gasteiger partial charge in [0.25, 0.3) is 17.3 Å². The standard InChI is InChI=1S/C88H130O37S6/c1-63-69-71(116-49-47-114-69)67(126-63)59-65(89)61-112-45-43-110-41-39-108-37-35-106-33-31-104-29-27-102-25-23-100-21-19-98-17-15-96-13-11-94-9-7-92-5-3-91-4-6-93-8-10-95-12-14-97-16-18-99-20-22-101-24-26-103-28-30-105-32-34-107-36-38-109-40-42-111-44-46-113-62-66(90)60-68-72-74(119-52-50-117-72)82(128-68)84-76-78(123-56-54-121-76)86(130-84)88-80-79(124-57-58-125-80)87(131-88)85-77-75(120-53-55-122-77)83(129-85)81-73-70(64(2)127-81)115-48-51-118-73/h65-66,89-90H,3-62H2,1-2H3/q+2/b83-81+,87-85+. The van der Waals surface area contributed by atoms with Crippen LogP contribution in [0.5, 0.6) is 46.0 Å². The summed E-state index contributed by atoms with van der Waals surface area (Å²) in [5, 5.41) is 23.6. The zero-order valence-electron chi connectivity index (χ0n) is 75.2. The van der Waals surface area contributed by atoms with Crippen LogP contribution in [-0.2, 0) is 141 Å². The van der Waals surface area contributed by atoms with Gasteiger partial charge < -0.3 is 176 Å². The number of aliphatic hydroxyl groups is 2. The van der Waals surface area contributed by atoms with Crippen molar-refractivity contribution >= 4 is 78.7 Å².